The monoisotopic (exact) mass is 711 g/mol. The van der Waals surface area contributed by atoms with E-state index in [2.05, 4.69) is 101 Å². The molecule has 4 aromatic carbocycles. The van der Waals surface area contributed by atoms with Gasteiger partial charge in [-0.25, -0.2) is 19.9 Å². The van der Waals surface area contributed by atoms with Gasteiger partial charge in [0.2, 0.25) is 0 Å². The van der Waals surface area contributed by atoms with Crippen molar-refractivity contribution >= 4 is 22.8 Å². The zero-order valence-electron chi connectivity index (χ0n) is 32.2. The summed E-state index contributed by atoms with van der Waals surface area (Å²) in [5, 5.41) is 3.73. The van der Waals surface area contributed by atoms with Crippen molar-refractivity contribution in [3.8, 4) is 45.3 Å². The average Bonchev–Trinajstić information content (AvgIpc) is 3.20. The highest BCUT2D eigenvalue weighted by Gasteiger charge is 2.29. The van der Waals surface area contributed by atoms with Crippen LogP contribution < -0.4 is 5.32 Å². The van der Waals surface area contributed by atoms with Gasteiger partial charge >= 0.3 is 0 Å². The Bertz CT molecular complexity index is 2190. The van der Waals surface area contributed by atoms with Gasteiger partial charge in [0.05, 0.1) is 0 Å². The number of aliphatic imine (C=N–C) groups is 3. The first-order valence-electron chi connectivity index (χ1n) is 19.2. The number of amidine groups is 1. The highest BCUT2D eigenvalue weighted by molar-refractivity contribution is 6.06. The molecule has 1 aliphatic carbocycles. The van der Waals surface area contributed by atoms with Gasteiger partial charge in [-0.2, -0.15) is 0 Å². The molecule has 0 radical (unpaired) electrons. The number of rotatable bonds is 9. The van der Waals surface area contributed by atoms with E-state index < -0.39 is 0 Å². The molecule has 7 heteroatoms. The van der Waals surface area contributed by atoms with Crippen LogP contribution in [0.5, 0.6) is 0 Å². The van der Waals surface area contributed by atoms with Crippen molar-refractivity contribution in [2.75, 3.05) is 6.54 Å². The molecule has 0 amide bonds. The summed E-state index contributed by atoms with van der Waals surface area (Å²) in [6, 6.07) is 35.9. The maximum Gasteiger partial charge on any atom is 0.164 e. The summed E-state index contributed by atoms with van der Waals surface area (Å²) in [6.45, 7) is 13.6. The Balaban J connectivity index is 1.35. The largest absolute Gasteiger partial charge is 0.292 e. The van der Waals surface area contributed by atoms with Gasteiger partial charge in [0, 0.05) is 58.6 Å². The zero-order chi connectivity index (χ0) is 37.6. The molecular weight excluding hydrogens is 663 g/mol. The third-order valence-corrected chi connectivity index (χ3v) is 10.1. The zero-order valence-corrected chi connectivity index (χ0v) is 32.2. The molecule has 0 saturated heterocycles. The summed E-state index contributed by atoms with van der Waals surface area (Å²) < 4.78 is 0. The molecule has 0 fully saturated rings. The summed E-state index contributed by atoms with van der Waals surface area (Å²) in [4.78, 5) is 29.7. The van der Waals surface area contributed by atoms with Gasteiger partial charge in [-0.15, -0.1) is 0 Å². The quantitative estimate of drug-likeness (QED) is 0.122. The number of allylic oxidation sites excluding steroid dienone is 3. The second-order valence-electron chi connectivity index (χ2n) is 14.4. The van der Waals surface area contributed by atoms with E-state index in [0.29, 0.717) is 30.1 Å². The molecule has 272 valence electrons. The highest BCUT2D eigenvalue weighted by atomic mass is 15.1. The highest BCUT2D eigenvalue weighted by Crippen LogP contribution is 2.36. The number of benzene rings is 4. The third kappa shape index (κ3) is 8.42. The van der Waals surface area contributed by atoms with Crippen LogP contribution >= 0.6 is 0 Å². The lowest BCUT2D eigenvalue weighted by atomic mass is 9.82. The molecule has 4 atom stereocenters. The van der Waals surface area contributed by atoms with Crippen LogP contribution in [0.2, 0.25) is 0 Å². The molecule has 1 aromatic heterocycles. The Hall–Kier alpha value is -5.66. The number of nitrogens with zero attached hydrogens (tertiary/aromatic N) is 6. The van der Waals surface area contributed by atoms with Crippen LogP contribution in [0.4, 0.5) is 0 Å². The van der Waals surface area contributed by atoms with Crippen LogP contribution in [0.15, 0.2) is 136 Å². The lowest BCUT2D eigenvalue weighted by Crippen LogP contribution is -2.46. The molecule has 0 saturated carbocycles. The standard InChI is InChI=1S/C47H49N7/c1-7-31(4)49-43(48-8-2)37-21-19-34(20-22-37)39-27-40(38-23-24-42(30(3)25-38)47-50-32(5)26-33(6)51-47)29-41(28-39)46-53-44(35-15-11-9-12-16-35)52-45(54-46)36-17-13-10-14-18-36/h9-25,27-30,32,42,47,50H,7-8,26H2,1-6H3/t30-,32?,42?,47?/m1/s1. The van der Waals surface area contributed by atoms with Gasteiger partial charge in [-0.1, -0.05) is 117 Å². The first kappa shape index (κ1) is 36.7. The number of aromatic nitrogens is 3. The minimum absolute atomic E-state index is 0.0721. The van der Waals surface area contributed by atoms with Crippen molar-refractivity contribution in [2.45, 2.75) is 66.6 Å². The first-order chi connectivity index (χ1) is 26.3. The molecule has 5 aromatic rings. The van der Waals surface area contributed by atoms with Crippen molar-refractivity contribution in [2.24, 2.45) is 26.8 Å². The van der Waals surface area contributed by atoms with Crippen LogP contribution in [0.25, 0.3) is 50.9 Å². The van der Waals surface area contributed by atoms with Crippen molar-refractivity contribution < 1.29 is 0 Å². The van der Waals surface area contributed by atoms with Gasteiger partial charge in [0.1, 0.15) is 6.17 Å². The van der Waals surface area contributed by atoms with Crippen molar-refractivity contribution in [3.63, 3.8) is 0 Å². The average molecular weight is 712 g/mol. The maximum atomic E-state index is 5.10. The van der Waals surface area contributed by atoms with E-state index in [-0.39, 0.29) is 18.0 Å². The van der Waals surface area contributed by atoms with Crippen molar-refractivity contribution in [1.29, 1.82) is 0 Å². The van der Waals surface area contributed by atoms with Crippen molar-refractivity contribution in [1.82, 2.24) is 20.3 Å². The molecule has 7 rings (SSSR count). The summed E-state index contributed by atoms with van der Waals surface area (Å²) in [7, 11) is 0. The fraction of sp³-hybridized carbons (Fsp3) is 0.277. The van der Waals surface area contributed by atoms with Gasteiger partial charge < -0.3 is 0 Å². The Morgan fingerprint density at radius 2 is 1.31 bits per heavy atom. The van der Waals surface area contributed by atoms with Crippen LogP contribution in [-0.4, -0.2) is 51.0 Å². The van der Waals surface area contributed by atoms with E-state index in [1.165, 1.54) is 11.3 Å². The second kappa shape index (κ2) is 16.6. The topological polar surface area (TPSA) is 87.8 Å². The molecule has 1 aliphatic heterocycles. The van der Waals surface area contributed by atoms with E-state index in [1.54, 1.807) is 0 Å². The van der Waals surface area contributed by atoms with E-state index in [4.69, 9.17) is 29.9 Å². The lowest BCUT2D eigenvalue weighted by molar-refractivity contribution is 0.323. The van der Waals surface area contributed by atoms with Gasteiger partial charge in [0.25, 0.3) is 0 Å². The third-order valence-electron chi connectivity index (χ3n) is 10.1. The Morgan fingerprint density at radius 1 is 0.722 bits per heavy atom. The summed E-state index contributed by atoms with van der Waals surface area (Å²) in [5.41, 5.74) is 10.5. The van der Waals surface area contributed by atoms with Gasteiger partial charge in [-0.3, -0.25) is 15.3 Å². The molecule has 3 unspecified atom stereocenters. The fourth-order valence-electron chi connectivity index (χ4n) is 7.18. The van der Waals surface area contributed by atoms with Crippen LogP contribution in [0.3, 0.4) is 0 Å². The van der Waals surface area contributed by atoms with E-state index in [1.807, 2.05) is 67.6 Å². The molecule has 2 aliphatic rings. The Morgan fingerprint density at radius 3 is 1.89 bits per heavy atom. The second-order valence-corrected chi connectivity index (χ2v) is 14.4. The van der Waals surface area contributed by atoms with Crippen LogP contribution in [0, 0.1) is 11.8 Å². The Labute approximate surface area is 319 Å². The number of hydrogen-bond donors (Lipinski definition) is 1. The Kier molecular flexibility index (Phi) is 11.3. The van der Waals surface area contributed by atoms with E-state index >= 15 is 0 Å². The molecular formula is C47H49N7. The minimum atomic E-state index is 0.0721. The molecule has 54 heavy (non-hydrogen) atoms. The van der Waals surface area contributed by atoms with E-state index in [9.17, 15) is 0 Å². The molecule has 0 bridgehead atoms. The molecule has 0 spiro atoms. The predicted molar refractivity (Wildman–Crippen MR) is 226 cm³/mol. The number of nitrogens with one attached hydrogen (secondary N) is 1. The first-order valence-corrected chi connectivity index (χ1v) is 19.2. The summed E-state index contributed by atoms with van der Waals surface area (Å²) in [6.07, 6.45) is 8.95. The summed E-state index contributed by atoms with van der Waals surface area (Å²) in [5.74, 6) is 3.23. The van der Waals surface area contributed by atoms with Crippen LogP contribution in [-0.2, 0) is 0 Å². The lowest BCUT2D eigenvalue weighted by Gasteiger charge is -2.34. The fourth-order valence-corrected chi connectivity index (χ4v) is 7.18. The number of hydrogen-bond acceptors (Lipinski definition) is 6. The molecule has 7 nitrogen and oxygen atoms in total. The molecule has 2 heterocycles. The van der Waals surface area contributed by atoms with Gasteiger partial charge in [0.15, 0.2) is 23.3 Å². The maximum absolute atomic E-state index is 5.10. The van der Waals surface area contributed by atoms with Crippen LogP contribution in [0.1, 0.15) is 65.5 Å². The normalized spacial score (nSPS) is 20.4. The molecule has 1 N–H and O–H groups in total. The SMILES string of the molecule is CCN=C(N=C(C)CC)c1ccc(-c2cc(C3=C[C@@H](C)C(C4N=C(C)CC(C)N4)C=C3)cc(-c3nc(-c4ccccc4)nc(-c4ccccc4)n3)c2)cc1. The van der Waals surface area contributed by atoms with Crippen molar-refractivity contribution in [3.05, 3.63) is 132 Å². The predicted octanol–water partition coefficient (Wildman–Crippen LogP) is 10.6. The summed E-state index contributed by atoms with van der Waals surface area (Å²) >= 11 is 0. The smallest absolute Gasteiger partial charge is 0.164 e. The van der Waals surface area contributed by atoms with E-state index in [0.717, 1.165) is 63.3 Å². The minimum Gasteiger partial charge on any atom is -0.292 e. The van der Waals surface area contributed by atoms with Gasteiger partial charge in [-0.05, 0) is 80.5 Å².